The number of hydrogen-bond donors (Lipinski definition) is 1. The minimum absolute atomic E-state index is 0.110. The first-order chi connectivity index (χ1) is 10.00. The number of unbranched alkanes of at least 4 members (excludes halogenated alkanes) is 1. The van der Waals surface area contributed by atoms with Crippen molar-refractivity contribution in [3.63, 3.8) is 0 Å². The van der Waals surface area contributed by atoms with Crippen molar-refractivity contribution in [3.8, 4) is 0 Å². The van der Waals surface area contributed by atoms with E-state index in [4.69, 9.17) is 9.05 Å². The van der Waals surface area contributed by atoms with Crippen LogP contribution in [0.4, 0.5) is 5.69 Å². The zero-order valence-electron chi connectivity index (χ0n) is 12.4. The van der Waals surface area contributed by atoms with E-state index in [0.717, 1.165) is 12.8 Å². The molecule has 8 heteroatoms. The van der Waals surface area contributed by atoms with Crippen LogP contribution in [-0.2, 0) is 13.6 Å². The smallest absolute Gasteiger partial charge is 0.311 e. The molecule has 0 spiro atoms. The van der Waals surface area contributed by atoms with Crippen LogP contribution in [0.25, 0.3) is 0 Å². The summed E-state index contributed by atoms with van der Waals surface area (Å²) in [6.07, 6.45) is 1.80. The van der Waals surface area contributed by atoms with E-state index < -0.39 is 18.3 Å². The van der Waals surface area contributed by atoms with E-state index in [1.807, 2.05) is 6.92 Å². The molecule has 0 heterocycles. The molecule has 1 rings (SSSR count). The molecule has 21 heavy (non-hydrogen) atoms. The summed E-state index contributed by atoms with van der Waals surface area (Å²) in [7, 11) is -0.993. The summed E-state index contributed by atoms with van der Waals surface area (Å²) in [5.41, 5.74) is 0.187. The predicted molar refractivity (Wildman–Crippen MR) is 80.4 cm³/mol. The molecule has 1 aromatic carbocycles. The molecule has 0 bridgehead atoms. The van der Waals surface area contributed by atoms with Crippen molar-refractivity contribution < 1.29 is 18.5 Å². The summed E-state index contributed by atoms with van der Waals surface area (Å²) in [6.45, 7) is 2.58. The van der Waals surface area contributed by atoms with Crippen molar-refractivity contribution in [2.75, 3.05) is 20.8 Å². The second-order valence-electron chi connectivity index (χ2n) is 4.43. The molecule has 0 radical (unpaired) electrons. The maximum atomic E-state index is 12.7. The van der Waals surface area contributed by atoms with E-state index in [1.165, 1.54) is 20.3 Å². The number of nitro benzene ring substituents is 1. The maximum absolute atomic E-state index is 12.7. The Morgan fingerprint density at radius 1 is 1.33 bits per heavy atom. The highest BCUT2D eigenvalue weighted by Gasteiger charge is 2.38. The molecule has 0 aliphatic rings. The molecule has 0 saturated carbocycles. The molecule has 0 aliphatic heterocycles. The molecule has 0 fully saturated rings. The van der Waals surface area contributed by atoms with Gasteiger partial charge < -0.3 is 9.05 Å². The van der Waals surface area contributed by atoms with Gasteiger partial charge in [-0.25, -0.2) is 0 Å². The lowest BCUT2D eigenvalue weighted by molar-refractivity contribution is -0.385. The number of hydrogen-bond acceptors (Lipinski definition) is 6. The minimum Gasteiger partial charge on any atom is -0.311 e. The molecule has 1 atom stereocenters. The normalized spacial score (nSPS) is 13.1. The third-order valence-electron chi connectivity index (χ3n) is 3.12. The van der Waals surface area contributed by atoms with Crippen molar-refractivity contribution in [2.24, 2.45) is 0 Å². The second-order valence-corrected chi connectivity index (χ2v) is 6.76. The summed E-state index contributed by atoms with van der Waals surface area (Å²) in [5.74, 6) is -0.874. The van der Waals surface area contributed by atoms with E-state index in [0.29, 0.717) is 12.1 Å². The van der Waals surface area contributed by atoms with Crippen LogP contribution in [0.3, 0.4) is 0 Å². The van der Waals surface area contributed by atoms with Crippen LogP contribution in [-0.4, -0.2) is 25.7 Å². The summed E-state index contributed by atoms with van der Waals surface area (Å²) >= 11 is 0. The van der Waals surface area contributed by atoms with Crippen molar-refractivity contribution in [1.29, 1.82) is 0 Å². The van der Waals surface area contributed by atoms with Crippen LogP contribution in [0.1, 0.15) is 31.1 Å². The average Bonchev–Trinajstić information content (AvgIpc) is 2.51. The Morgan fingerprint density at radius 2 is 1.95 bits per heavy atom. The molecule has 1 unspecified atom stereocenters. The lowest BCUT2D eigenvalue weighted by Crippen LogP contribution is -2.24. The van der Waals surface area contributed by atoms with Crippen LogP contribution in [0.2, 0.25) is 0 Å². The van der Waals surface area contributed by atoms with Gasteiger partial charge in [-0.15, -0.1) is 0 Å². The van der Waals surface area contributed by atoms with E-state index in [-0.39, 0.29) is 5.69 Å². The number of benzene rings is 1. The van der Waals surface area contributed by atoms with E-state index in [9.17, 15) is 14.7 Å². The average molecular weight is 316 g/mol. The first kappa shape index (κ1) is 17.8. The van der Waals surface area contributed by atoms with Crippen molar-refractivity contribution >= 4 is 13.3 Å². The highest BCUT2D eigenvalue weighted by atomic mass is 31.2. The van der Waals surface area contributed by atoms with Gasteiger partial charge in [0.15, 0.2) is 0 Å². The number of para-hydroxylation sites is 1. The number of nitro groups is 1. The van der Waals surface area contributed by atoms with Crippen LogP contribution in [0.5, 0.6) is 0 Å². The number of nitrogens with zero attached hydrogens (tertiary/aromatic N) is 1. The molecule has 0 aliphatic carbocycles. The van der Waals surface area contributed by atoms with Gasteiger partial charge in [0.2, 0.25) is 0 Å². The Labute approximate surface area is 124 Å². The third kappa shape index (κ3) is 4.35. The summed E-state index contributed by atoms with van der Waals surface area (Å²) in [5, 5.41) is 14.2. The fourth-order valence-electron chi connectivity index (χ4n) is 1.98. The van der Waals surface area contributed by atoms with Crippen molar-refractivity contribution in [2.45, 2.75) is 25.5 Å². The van der Waals surface area contributed by atoms with Gasteiger partial charge in [0.25, 0.3) is 5.69 Å². The van der Waals surface area contributed by atoms with Crippen LogP contribution in [0.15, 0.2) is 24.3 Å². The van der Waals surface area contributed by atoms with Gasteiger partial charge >= 0.3 is 7.60 Å². The summed E-state index contributed by atoms with van der Waals surface area (Å²) in [6, 6.07) is 6.16. The van der Waals surface area contributed by atoms with E-state index >= 15 is 0 Å². The molecule has 0 saturated heterocycles. The highest BCUT2D eigenvalue weighted by Crippen LogP contribution is 2.59. The van der Waals surface area contributed by atoms with Crippen LogP contribution < -0.4 is 5.32 Å². The molecule has 1 N–H and O–H groups in total. The lowest BCUT2D eigenvalue weighted by Gasteiger charge is -2.25. The number of nitrogens with one attached hydrogen (secondary N) is 1. The van der Waals surface area contributed by atoms with Gasteiger partial charge in [-0.1, -0.05) is 25.5 Å². The van der Waals surface area contributed by atoms with Crippen molar-refractivity contribution in [1.82, 2.24) is 5.32 Å². The largest absolute Gasteiger partial charge is 0.351 e. The second kappa shape index (κ2) is 8.24. The highest BCUT2D eigenvalue weighted by molar-refractivity contribution is 7.54. The molecule has 7 nitrogen and oxygen atoms in total. The fraction of sp³-hybridized carbons (Fsp3) is 0.538. The van der Waals surface area contributed by atoms with E-state index in [1.54, 1.807) is 18.2 Å². The monoisotopic (exact) mass is 316 g/mol. The number of rotatable bonds is 9. The Balaban J connectivity index is 3.24. The van der Waals surface area contributed by atoms with Gasteiger partial charge in [0, 0.05) is 20.3 Å². The molecule has 0 amide bonds. The molecular formula is C13H21N2O5P. The molecule has 1 aromatic rings. The van der Waals surface area contributed by atoms with Gasteiger partial charge in [-0.2, -0.15) is 0 Å². The quantitative estimate of drug-likeness (QED) is 0.325. The Bertz CT molecular complexity index is 515. The minimum atomic E-state index is -3.54. The first-order valence-electron chi connectivity index (χ1n) is 6.68. The van der Waals surface area contributed by atoms with Gasteiger partial charge in [-0.05, 0) is 19.0 Å². The van der Waals surface area contributed by atoms with Crippen LogP contribution >= 0.6 is 7.60 Å². The topological polar surface area (TPSA) is 90.7 Å². The molecule has 118 valence electrons. The van der Waals surface area contributed by atoms with Gasteiger partial charge in [0.05, 0.1) is 10.5 Å². The molecule has 0 aromatic heterocycles. The van der Waals surface area contributed by atoms with Crippen molar-refractivity contribution in [3.05, 3.63) is 39.9 Å². The lowest BCUT2D eigenvalue weighted by atomic mass is 10.1. The standard InChI is InChI=1S/C13H21N2O5P/c1-4-5-10-14-13(21(18,19-2)20-3)11-8-6-7-9-12(11)15(16)17/h6-9,13-14H,4-5,10H2,1-3H3. The first-order valence-corrected chi connectivity index (χ1v) is 8.29. The zero-order valence-corrected chi connectivity index (χ0v) is 13.3. The SMILES string of the molecule is CCCCNC(c1ccccc1[N+](=O)[O-])P(=O)(OC)OC. The third-order valence-corrected chi connectivity index (χ3v) is 5.23. The molecular weight excluding hydrogens is 295 g/mol. The van der Waals surface area contributed by atoms with Gasteiger partial charge in [-0.3, -0.25) is 20.0 Å². The maximum Gasteiger partial charge on any atom is 0.351 e. The Morgan fingerprint density at radius 3 is 2.48 bits per heavy atom. The Hall–Kier alpha value is -1.27. The Kier molecular flexibility index (Phi) is 6.98. The van der Waals surface area contributed by atoms with Crippen LogP contribution in [0, 0.1) is 10.1 Å². The fourth-order valence-corrected chi connectivity index (χ4v) is 3.46. The summed E-state index contributed by atoms with van der Waals surface area (Å²) in [4.78, 5) is 10.7. The predicted octanol–water partition coefficient (Wildman–Crippen LogP) is 3.47. The summed E-state index contributed by atoms with van der Waals surface area (Å²) < 4.78 is 22.7. The van der Waals surface area contributed by atoms with E-state index in [2.05, 4.69) is 5.32 Å². The van der Waals surface area contributed by atoms with Gasteiger partial charge in [0.1, 0.15) is 5.78 Å². The zero-order chi connectivity index (χ0) is 15.9.